The number of amides is 1. The first-order chi connectivity index (χ1) is 15.1. The summed E-state index contributed by atoms with van der Waals surface area (Å²) in [6.45, 7) is 0. The van der Waals surface area contributed by atoms with Crippen molar-refractivity contribution in [2.24, 2.45) is 0 Å². The van der Waals surface area contributed by atoms with Crippen molar-refractivity contribution in [1.82, 2.24) is 24.4 Å². The molecule has 3 heterocycles. The van der Waals surface area contributed by atoms with Gasteiger partial charge in [0.15, 0.2) is 0 Å². The van der Waals surface area contributed by atoms with Crippen molar-refractivity contribution in [1.29, 1.82) is 0 Å². The van der Waals surface area contributed by atoms with Crippen LogP contribution in [0.15, 0.2) is 48.8 Å². The number of carbonyl (C=O) groups is 1. The van der Waals surface area contributed by atoms with E-state index < -0.39 is 0 Å². The smallest absolute Gasteiger partial charge is 0.246 e. The van der Waals surface area contributed by atoms with E-state index in [4.69, 9.17) is 4.98 Å². The van der Waals surface area contributed by atoms with E-state index in [0.29, 0.717) is 6.04 Å². The highest BCUT2D eigenvalue weighted by Gasteiger charge is 2.24. The molecular weight excluding hydrogens is 386 g/mol. The molecule has 6 nitrogen and oxygen atoms in total. The van der Waals surface area contributed by atoms with Gasteiger partial charge in [-0.15, -0.1) is 0 Å². The van der Waals surface area contributed by atoms with Gasteiger partial charge < -0.3 is 14.5 Å². The summed E-state index contributed by atoms with van der Waals surface area (Å²) in [6, 6.07) is 10.8. The first-order valence-corrected chi connectivity index (χ1v) is 11.0. The summed E-state index contributed by atoms with van der Waals surface area (Å²) in [5.41, 5.74) is 5.04. The average Bonchev–Trinajstić information content (AvgIpc) is 3.42. The largest absolute Gasteiger partial charge is 0.346 e. The highest BCUT2D eigenvalue weighted by Crippen LogP contribution is 2.38. The quantitative estimate of drug-likeness (QED) is 0.469. The van der Waals surface area contributed by atoms with Gasteiger partial charge in [-0.1, -0.05) is 37.5 Å². The maximum Gasteiger partial charge on any atom is 0.246 e. The number of pyridine rings is 1. The summed E-state index contributed by atoms with van der Waals surface area (Å²) in [7, 11) is 3.51. The second-order valence-corrected chi connectivity index (χ2v) is 8.52. The third-order valence-corrected chi connectivity index (χ3v) is 6.18. The minimum atomic E-state index is -0.0271. The minimum absolute atomic E-state index is 0.0271. The lowest BCUT2D eigenvalue weighted by atomic mass is 9.94. The van der Waals surface area contributed by atoms with Crippen LogP contribution in [-0.2, 0) is 4.79 Å². The van der Waals surface area contributed by atoms with Crippen molar-refractivity contribution in [3.63, 3.8) is 0 Å². The van der Waals surface area contributed by atoms with E-state index in [-0.39, 0.29) is 5.91 Å². The monoisotopic (exact) mass is 413 g/mol. The highest BCUT2D eigenvalue weighted by atomic mass is 16.2. The van der Waals surface area contributed by atoms with Gasteiger partial charge in [-0.3, -0.25) is 4.79 Å². The summed E-state index contributed by atoms with van der Waals surface area (Å²) in [4.78, 5) is 26.4. The highest BCUT2D eigenvalue weighted by molar-refractivity contribution is 6.02. The Kier molecular flexibility index (Phi) is 5.06. The Bertz CT molecular complexity index is 1270. The second-order valence-electron chi connectivity index (χ2n) is 8.52. The van der Waals surface area contributed by atoms with E-state index in [9.17, 15) is 4.79 Å². The van der Waals surface area contributed by atoms with Crippen molar-refractivity contribution in [3.05, 3.63) is 54.4 Å². The molecule has 0 unspecified atom stereocenters. The van der Waals surface area contributed by atoms with E-state index >= 15 is 0 Å². The van der Waals surface area contributed by atoms with Gasteiger partial charge in [-0.05, 0) is 36.6 Å². The molecule has 4 aromatic rings. The molecule has 1 N–H and O–H groups in total. The van der Waals surface area contributed by atoms with Gasteiger partial charge in [0, 0.05) is 43.4 Å². The van der Waals surface area contributed by atoms with Crippen molar-refractivity contribution >= 4 is 34.1 Å². The molecule has 0 spiro atoms. The van der Waals surface area contributed by atoms with Crippen LogP contribution in [0.25, 0.3) is 39.5 Å². The van der Waals surface area contributed by atoms with Crippen LogP contribution < -0.4 is 0 Å². The van der Waals surface area contributed by atoms with Gasteiger partial charge in [0.2, 0.25) is 5.91 Å². The topological polar surface area (TPSA) is 66.8 Å². The molecule has 6 heteroatoms. The molecule has 0 bridgehead atoms. The lowest BCUT2D eigenvalue weighted by Crippen LogP contribution is -2.18. The van der Waals surface area contributed by atoms with Crippen LogP contribution in [0.1, 0.15) is 43.7 Å². The molecule has 1 saturated carbocycles. The molecule has 3 aromatic heterocycles. The van der Waals surface area contributed by atoms with Gasteiger partial charge >= 0.3 is 0 Å². The summed E-state index contributed by atoms with van der Waals surface area (Å²) < 4.78 is 2.44. The Morgan fingerprint density at radius 1 is 1.19 bits per heavy atom. The summed E-state index contributed by atoms with van der Waals surface area (Å²) in [5.74, 6) is 0.951. The average molecular weight is 414 g/mol. The standard InChI is InChI=1S/C25H27N5O/c1-29(2)22(31)12-11-17-7-6-8-18(15-17)25-28-21-16-27-24-20(13-14-26-24)23(21)30(25)19-9-4-3-5-10-19/h6-8,11-16,19H,3-5,9-10H2,1-2H3,(H,26,27). The number of hydrogen-bond donors (Lipinski definition) is 1. The van der Waals surface area contributed by atoms with E-state index in [1.165, 1.54) is 32.1 Å². The molecule has 158 valence electrons. The van der Waals surface area contributed by atoms with Crippen LogP contribution >= 0.6 is 0 Å². The molecule has 31 heavy (non-hydrogen) atoms. The van der Waals surface area contributed by atoms with Crippen molar-refractivity contribution in [2.45, 2.75) is 38.1 Å². The molecule has 1 aliphatic carbocycles. The van der Waals surface area contributed by atoms with E-state index in [2.05, 4.69) is 32.7 Å². The summed E-state index contributed by atoms with van der Waals surface area (Å²) in [5, 5.41) is 1.12. The summed E-state index contributed by atoms with van der Waals surface area (Å²) >= 11 is 0. The Hall–Kier alpha value is -3.41. The fourth-order valence-corrected chi connectivity index (χ4v) is 4.59. The fraction of sp³-hybridized carbons (Fsp3) is 0.320. The number of rotatable bonds is 4. The van der Waals surface area contributed by atoms with E-state index in [1.807, 2.05) is 30.6 Å². The van der Waals surface area contributed by atoms with Gasteiger partial charge in [0.05, 0.1) is 11.7 Å². The molecule has 0 atom stereocenters. The number of H-pyrrole nitrogens is 1. The third-order valence-electron chi connectivity index (χ3n) is 6.18. The summed E-state index contributed by atoms with van der Waals surface area (Å²) in [6.07, 6.45) is 13.4. The van der Waals surface area contributed by atoms with Crippen LogP contribution in [0.3, 0.4) is 0 Å². The van der Waals surface area contributed by atoms with Gasteiger partial charge in [0.25, 0.3) is 0 Å². The normalized spacial score (nSPS) is 15.3. The number of imidazole rings is 1. The van der Waals surface area contributed by atoms with Gasteiger partial charge in [0.1, 0.15) is 17.0 Å². The SMILES string of the molecule is CN(C)C(=O)C=Cc1cccc(-c2nc3cnc4[nH]ccc4c3n2C2CCCCC2)c1. The molecule has 0 radical (unpaired) electrons. The van der Waals surface area contributed by atoms with E-state index in [1.54, 1.807) is 25.1 Å². The number of carbonyl (C=O) groups excluding carboxylic acids is 1. The van der Waals surface area contributed by atoms with Crippen molar-refractivity contribution in [3.8, 4) is 11.4 Å². The van der Waals surface area contributed by atoms with Crippen molar-refractivity contribution in [2.75, 3.05) is 14.1 Å². The molecule has 0 saturated heterocycles. The molecule has 1 aromatic carbocycles. The number of hydrogen-bond acceptors (Lipinski definition) is 3. The van der Waals surface area contributed by atoms with Crippen LogP contribution in [-0.4, -0.2) is 44.4 Å². The predicted molar refractivity (Wildman–Crippen MR) is 125 cm³/mol. The van der Waals surface area contributed by atoms with Gasteiger partial charge in [-0.2, -0.15) is 0 Å². The number of nitrogens with zero attached hydrogens (tertiary/aromatic N) is 4. The first-order valence-electron chi connectivity index (χ1n) is 11.0. The lowest BCUT2D eigenvalue weighted by Gasteiger charge is -2.26. The molecule has 1 amide bonds. The Morgan fingerprint density at radius 2 is 2.03 bits per heavy atom. The van der Waals surface area contributed by atoms with Gasteiger partial charge in [-0.25, -0.2) is 9.97 Å². The zero-order chi connectivity index (χ0) is 21.4. The number of aromatic amines is 1. The maximum atomic E-state index is 12.0. The van der Waals surface area contributed by atoms with E-state index in [0.717, 1.165) is 39.0 Å². The molecular formula is C25H27N5O. The molecule has 1 aliphatic rings. The molecule has 0 aliphatic heterocycles. The number of aromatic nitrogens is 4. The zero-order valence-electron chi connectivity index (χ0n) is 18.0. The third kappa shape index (κ3) is 3.63. The maximum absolute atomic E-state index is 12.0. The Labute approximate surface area is 181 Å². The lowest BCUT2D eigenvalue weighted by molar-refractivity contribution is -0.123. The second kappa shape index (κ2) is 8.02. The van der Waals surface area contributed by atoms with Crippen LogP contribution in [0.2, 0.25) is 0 Å². The zero-order valence-corrected chi connectivity index (χ0v) is 18.0. The first kappa shape index (κ1) is 19.5. The number of likely N-dealkylation sites (N-methyl/N-ethyl adjacent to an activating group) is 1. The van der Waals surface area contributed by atoms with Crippen LogP contribution in [0, 0.1) is 0 Å². The van der Waals surface area contributed by atoms with Crippen molar-refractivity contribution < 1.29 is 4.79 Å². The van der Waals surface area contributed by atoms with Crippen LogP contribution in [0.5, 0.6) is 0 Å². The Morgan fingerprint density at radius 3 is 2.84 bits per heavy atom. The minimum Gasteiger partial charge on any atom is -0.346 e. The fourth-order valence-electron chi connectivity index (χ4n) is 4.59. The Balaban J connectivity index is 1.66. The van der Waals surface area contributed by atoms with Crippen LogP contribution in [0.4, 0.5) is 0 Å². The number of benzene rings is 1. The number of nitrogens with one attached hydrogen (secondary N) is 1. The molecule has 5 rings (SSSR count). The molecule has 1 fully saturated rings. The predicted octanol–water partition coefficient (Wildman–Crippen LogP) is 5.19. The number of fused-ring (bicyclic) bond motifs is 3.